The van der Waals surface area contributed by atoms with Crippen molar-refractivity contribution in [3.05, 3.63) is 102 Å². The summed E-state index contributed by atoms with van der Waals surface area (Å²) in [4.78, 5) is 27.6. The Hall–Kier alpha value is -4.33. The smallest absolute Gasteiger partial charge is 0.254 e. The largest absolute Gasteiger partial charge is 0.329 e. The molecule has 0 unspecified atom stereocenters. The molecule has 0 spiro atoms. The van der Waals surface area contributed by atoms with E-state index in [1.807, 2.05) is 37.3 Å². The van der Waals surface area contributed by atoms with E-state index in [4.69, 9.17) is 0 Å². The Morgan fingerprint density at radius 1 is 0.917 bits per heavy atom. The van der Waals surface area contributed by atoms with Crippen LogP contribution in [0, 0.1) is 11.6 Å². The predicted molar refractivity (Wildman–Crippen MR) is 135 cm³/mol. The van der Waals surface area contributed by atoms with Crippen molar-refractivity contribution in [2.45, 2.75) is 19.8 Å². The fourth-order valence-electron chi connectivity index (χ4n) is 3.73. The Morgan fingerprint density at radius 3 is 2.19 bits per heavy atom. The van der Waals surface area contributed by atoms with Gasteiger partial charge in [-0.05, 0) is 55.0 Å². The van der Waals surface area contributed by atoms with E-state index < -0.39 is 11.7 Å². The molecule has 36 heavy (non-hydrogen) atoms. The molecule has 4 rings (SSSR count). The summed E-state index contributed by atoms with van der Waals surface area (Å²) in [7, 11) is 0. The van der Waals surface area contributed by atoms with Crippen LogP contribution in [0.1, 0.15) is 30.1 Å². The van der Waals surface area contributed by atoms with Gasteiger partial charge in [-0.3, -0.25) is 9.59 Å². The fourth-order valence-corrected chi connectivity index (χ4v) is 3.73. The summed E-state index contributed by atoms with van der Waals surface area (Å²) in [6.45, 7) is 2.19. The molecule has 1 heterocycles. The van der Waals surface area contributed by atoms with Crippen molar-refractivity contribution in [2.24, 2.45) is 0 Å². The Morgan fingerprint density at radius 2 is 1.56 bits per heavy atom. The minimum atomic E-state index is -0.437. The normalized spacial score (nSPS) is 10.8. The van der Waals surface area contributed by atoms with Crippen molar-refractivity contribution in [1.29, 1.82) is 0 Å². The lowest BCUT2D eigenvalue weighted by molar-refractivity contribution is -0.117. The second-order valence-electron chi connectivity index (χ2n) is 8.30. The third kappa shape index (κ3) is 6.02. The molecule has 3 aromatic carbocycles. The molecule has 184 valence electrons. The van der Waals surface area contributed by atoms with E-state index in [2.05, 4.69) is 10.4 Å². The van der Waals surface area contributed by atoms with Gasteiger partial charge in [0.15, 0.2) is 0 Å². The SMILES string of the molecule is CCCCN(CC(=O)Nc1cc(-c2ccccc2)nn1-c1ccc(F)cc1)C(=O)c1ccc(F)cc1. The first-order valence-corrected chi connectivity index (χ1v) is 11.7. The minimum Gasteiger partial charge on any atom is -0.329 e. The zero-order valence-corrected chi connectivity index (χ0v) is 19.8. The molecular formula is C28H26F2N4O2. The molecular weight excluding hydrogens is 462 g/mol. The number of aromatic nitrogens is 2. The molecule has 0 saturated carbocycles. The standard InChI is InChI=1S/C28H26F2N4O2/c1-2-3-17-33(28(36)21-9-11-22(29)12-10-21)19-27(35)31-26-18-25(20-7-5-4-6-8-20)32-34(26)24-15-13-23(30)14-16-24/h4-16,18H,2-3,17,19H2,1H3,(H,31,35). The molecule has 0 radical (unpaired) electrons. The number of halogens is 2. The van der Waals surface area contributed by atoms with Gasteiger partial charge in [-0.25, -0.2) is 13.5 Å². The summed E-state index contributed by atoms with van der Waals surface area (Å²) in [5, 5.41) is 7.47. The van der Waals surface area contributed by atoms with Gasteiger partial charge in [0.1, 0.15) is 24.0 Å². The van der Waals surface area contributed by atoms with E-state index in [0.717, 1.165) is 12.0 Å². The number of amides is 2. The number of benzene rings is 3. The number of hydrogen-bond donors (Lipinski definition) is 1. The van der Waals surface area contributed by atoms with Crippen molar-refractivity contribution in [2.75, 3.05) is 18.4 Å². The van der Waals surface area contributed by atoms with Crippen LogP contribution in [0.25, 0.3) is 16.9 Å². The number of rotatable bonds is 9. The van der Waals surface area contributed by atoms with Gasteiger partial charge >= 0.3 is 0 Å². The molecule has 0 aliphatic carbocycles. The summed E-state index contributed by atoms with van der Waals surface area (Å²) in [5.41, 5.74) is 2.35. The van der Waals surface area contributed by atoms with Gasteiger partial charge in [0, 0.05) is 23.7 Å². The van der Waals surface area contributed by atoms with Crippen molar-refractivity contribution in [1.82, 2.24) is 14.7 Å². The lowest BCUT2D eigenvalue weighted by atomic mass is 10.1. The molecule has 0 fully saturated rings. The average Bonchev–Trinajstić information content (AvgIpc) is 3.31. The molecule has 6 nitrogen and oxygen atoms in total. The molecule has 0 aliphatic heterocycles. The van der Waals surface area contributed by atoms with Crippen molar-refractivity contribution < 1.29 is 18.4 Å². The van der Waals surface area contributed by atoms with Crippen LogP contribution in [0.15, 0.2) is 84.9 Å². The topological polar surface area (TPSA) is 67.2 Å². The second-order valence-corrected chi connectivity index (χ2v) is 8.30. The maximum absolute atomic E-state index is 13.5. The first-order valence-electron chi connectivity index (χ1n) is 11.7. The molecule has 2 amide bonds. The van der Waals surface area contributed by atoms with Crippen molar-refractivity contribution in [3.8, 4) is 16.9 Å². The van der Waals surface area contributed by atoms with Crippen LogP contribution in [-0.4, -0.2) is 39.6 Å². The Labute approximate surface area is 208 Å². The van der Waals surface area contributed by atoms with E-state index in [0.29, 0.717) is 35.7 Å². The van der Waals surface area contributed by atoms with Crippen LogP contribution in [0.5, 0.6) is 0 Å². The number of nitrogens with one attached hydrogen (secondary N) is 1. The summed E-state index contributed by atoms with van der Waals surface area (Å²) < 4.78 is 28.3. The van der Waals surface area contributed by atoms with Crippen LogP contribution >= 0.6 is 0 Å². The van der Waals surface area contributed by atoms with E-state index in [1.165, 1.54) is 46.0 Å². The summed E-state index contributed by atoms with van der Waals surface area (Å²) in [6.07, 6.45) is 1.55. The zero-order valence-electron chi connectivity index (χ0n) is 19.8. The molecule has 1 N–H and O–H groups in total. The predicted octanol–water partition coefficient (Wildman–Crippen LogP) is 5.70. The summed E-state index contributed by atoms with van der Waals surface area (Å²) in [5.74, 6) is -1.20. The van der Waals surface area contributed by atoms with Crippen LogP contribution < -0.4 is 5.32 Å². The van der Waals surface area contributed by atoms with Crippen LogP contribution in [0.2, 0.25) is 0 Å². The fraction of sp³-hybridized carbons (Fsp3) is 0.179. The van der Waals surface area contributed by atoms with Crippen LogP contribution in [-0.2, 0) is 4.79 Å². The quantitative estimate of drug-likeness (QED) is 0.329. The zero-order chi connectivity index (χ0) is 25.5. The lowest BCUT2D eigenvalue weighted by Crippen LogP contribution is -2.39. The van der Waals surface area contributed by atoms with Gasteiger partial charge in [0.25, 0.3) is 5.91 Å². The van der Waals surface area contributed by atoms with Gasteiger partial charge in [-0.15, -0.1) is 0 Å². The van der Waals surface area contributed by atoms with E-state index in [-0.39, 0.29) is 18.3 Å². The number of carbonyl (C=O) groups is 2. The van der Waals surface area contributed by atoms with E-state index >= 15 is 0 Å². The monoisotopic (exact) mass is 488 g/mol. The first-order chi connectivity index (χ1) is 17.4. The van der Waals surface area contributed by atoms with Gasteiger partial charge in [0.2, 0.25) is 5.91 Å². The highest BCUT2D eigenvalue weighted by Gasteiger charge is 2.20. The highest BCUT2D eigenvalue weighted by Crippen LogP contribution is 2.25. The molecule has 4 aromatic rings. The maximum Gasteiger partial charge on any atom is 0.254 e. The number of carbonyl (C=O) groups excluding carboxylic acids is 2. The molecule has 0 saturated heterocycles. The summed E-state index contributed by atoms with van der Waals surface area (Å²) >= 11 is 0. The Bertz CT molecular complexity index is 1320. The Kier molecular flexibility index (Phi) is 7.85. The van der Waals surface area contributed by atoms with Gasteiger partial charge in [-0.2, -0.15) is 5.10 Å². The number of hydrogen-bond acceptors (Lipinski definition) is 3. The minimum absolute atomic E-state index is 0.189. The number of nitrogens with zero attached hydrogens (tertiary/aromatic N) is 3. The lowest BCUT2D eigenvalue weighted by Gasteiger charge is -2.22. The maximum atomic E-state index is 13.5. The van der Waals surface area contributed by atoms with Crippen LogP contribution in [0.4, 0.5) is 14.6 Å². The summed E-state index contributed by atoms with van der Waals surface area (Å²) in [6, 6.07) is 22.2. The molecule has 0 bridgehead atoms. The third-order valence-electron chi connectivity index (χ3n) is 5.61. The third-order valence-corrected chi connectivity index (χ3v) is 5.61. The van der Waals surface area contributed by atoms with Crippen LogP contribution in [0.3, 0.4) is 0 Å². The number of unbranched alkanes of at least 4 members (excludes halogenated alkanes) is 1. The highest BCUT2D eigenvalue weighted by atomic mass is 19.1. The average molecular weight is 489 g/mol. The van der Waals surface area contributed by atoms with Gasteiger partial charge in [-0.1, -0.05) is 43.7 Å². The Balaban J connectivity index is 1.59. The second kappa shape index (κ2) is 11.4. The van der Waals surface area contributed by atoms with Crippen molar-refractivity contribution >= 4 is 17.6 Å². The van der Waals surface area contributed by atoms with Crippen molar-refractivity contribution in [3.63, 3.8) is 0 Å². The van der Waals surface area contributed by atoms with E-state index in [1.54, 1.807) is 18.2 Å². The highest BCUT2D eigenvalue weighted by molar-refractivity contribution is 5.99. The molecule has 1 aromatic heterocycles. The number of anilines is 1. The first kappa shape index (κ1) is 24.8. The van der Waals surface area contributed by atoms with Gasteiger partial charge < -0.3 is 10.2 Å². The van der Waals surface area contributed by atoms with Gasteiger partial charge in [0.05, 0.1) is 11.4 Å². The van der Waals surface area contributed by atoms with E-state index in [9.17, 15) is 18.4 Å². The molecule has 8 heteroatoms. The molecule has 0 atom stereocenters. The molecule has 0 aliphatic rings.